The van der Waals surface area contributed by atoms with Crippen molar-refractivity contribution < 1.29 is 4.79 Å². The van der Waals surface area contributed by atoms with Gasteiger partial charge in [0.1, 0.15) is 0 Å². The van der Waals surface area contributed by atoms with Gasteiger partial charge in [0, 0.05) is 12.1 Å². The number of carbonyl (C=O) groups is 1. The first-order valence-corrected chi connectivity index (χ1v) is 7.91. The van der Waals surface area contributed by atoms with Crippen molar-refractivity contribution in [1.29, 1.82) is 0 Å². The highest BCUT2D eigenvalue weighted by molar-refractivity contribution is 5.85. The monoisotopic (exact) mass is 268 g/mol. The molecule has 0 aromatic carbocycles. The van der Waals surface area contributed by atoms with E-state index in [9.17, 15) is 4.79 Å². The van der Waals surface area contributed by atoms with Crippen molar-refractivity contribution in [3.8, 4) is 0 Å². The first kappa shape index (κ1) is 18.1. The van der Waals surface area contributed by atoms with Crippen molar-refractivity contribution in [2.45, 2.75) is 85.5 Å². The van der Waals surface area contributed by atoms with Gasteiger partial charge in [0.05, 0.1) is 0 Å². The Morgan fingerprint density at radius 2 is 1.53 bits per heavy atom. The predicted octanol–water partition coefficient (Wildman–Crippen LogP) is 4.67. The quantitative estimate of drug-likeness (QED) is 0.330. The summed E-state index contributed by atoms with van der Waals surface area (Å²) in [4.78, 5) is 11.5. The molecule has 3 nitrogen and oxygen atoms in total. The topological polar surface area (TPSA) is 41.5 Å². The van der Waals surface area contributed by atoms with Crippen molar-refractivity contribution in [1.82, 2.24) is 5.43 Å². The van der Waals surface area contributed by atoms with E-state index in [1.54, 1.807) is 0 Å². The third kappa shape index (κ3) is 11.9. The zero-order chi connectivity index (χ0) is 14.5. The fourth-order valence-corrected chi connectivity index (χ4v) is 1.75. The molecular formula is C16H32N2O. The van der Waals surface area contributed by atoms with Crippen molar-refractivity contribution in [3.63, 3.8) is 0 Å². The van der Waals surface area contributed by atoms with Crippen LogP contribution in [-0.4, -0.2) is 11.6 Å². The Balaban J connectivity index is 3.42. The van der Waals surface area contributed by atoms with Crippen molar-refractivity contribution in [3.05, 3.63) is 0 Å². The van der Waals surface area contributed by atoms with Crippen LogP contribution in [0.25, 0.3) is 0 Å². The average Bonchev–Trinajstić information content (AvgIpc) is 2.38. The van der Waals surface area contributed by atoms with Crippen LogP contribution in [0.2, 0.25) is 0 Å². The lowest BCUT2D eigenvalue weighted by Gasteiger charge is -2.05. The highest BCUT2D eigenvalue weighted by atomic mass is 16.2. The molecule has 0 aliphatic rings. The normalized spacial score (nSPS) is 11.9. The van der Waals surface area contributed by atoms with Gasteiger partial charge in [-0.1, -0.05) is 65.7 Å². The number of hydrazone groups is 1. The molecule has 0 atom stereocenters. The van der Waals surface area contributed by atoms with Gasteiger partial charge in [-0.3, -0.25) is 4.79 Å². The van der Waals surface area contributed by atoms with Gasteiger partial charge in [-0.05, 0) is 19.3 Å². The number of amides is 1. The Bertz CT molecular complexity index is 259. The largest absolute Gasteiger partial charge is 0.273 e. The van der Waals surface area contributed by atoms with Gasteiger partial charge in [-0.25, -0.2) is 5.43 Å². The van der Waals surface area contributed by atoms with Gasteiger partial charge in [0.2, 0.25) is 5.91 Å². The van der Waals surface area contributed by atoms with Crippen LogP contribution in [0.4, 0.5) is 0 Å². The summed E-state index contributed by atoms with van der Waals surface area (Å²) in [7, 11) is 0. The zero-order valence-corrected chi connectivity index (χ0v) is 13.3. The zero-order valence-electron chi connectivity index (χ0n) is 13.3. The molecule has 0 saturated heterocycles. The Labute approximate surface area is 119 Å². The minimum atomic E-state index is 0.0472. The summed E-state index contributed by atoms with van der Waals surface area (Å²) in [5.41, 5.74) is 3.61. The molecule has 0 spiro atoms. The highest BCUT2D eigenvalue weighted by Crippen LogP contribution is 2.09. The van der Waals surface area contributed by atoms with Gasteiger partial charge in [-0.2, -0.15) is 5.10 Å². The van der Waals surface area contributed by atoms with Crippen molar-refractivity contribution >= 4 is 11.6 Å². The molecule has 0 fully saturated rings. The Kier molecular flexibility index (Phi) is 11.6. The van der Waals surface area contributed by atoms with Crippen LogP contribution in [0.15, 0.2) is 5.10 Å². The minimum absolute atomic E-state index is 0.0472. The summed E-state index contributed by atoms with van der Waals surface area (Å²) in [5.74, 6) is 0.439. The van der Waals surface area contributed by atoms with E-state index in [-0.39, 0.29) is 5.91 Å². The maximum Gasteiger partial charge on any atom is 0.240 e. The molecule has 0 aliphatic carbocycles. The number of unbranched alkanes of at least 4 members (excludes halogenated alkanes) is 7. The number of nitrogens with one attached hydrogen (secondary N) is 1. The molecule has 112 valence electrons. The first-order chi connectivity index (χ1) is 9.07. The van der Waals surface area contributed by atoms with Crippen LogP contribution in [0.3, 0.4) is 0 Å². The second kappa shape index (κ2) is 12.2. The molecule has 1 amide bonds. The molecule has 0 bridgehead atoms. The van der Waals surface area contributed by atoms with Crippen LogP contribution >= 0.6 is 0 Å². The molecule has 0 rings (SSSR count). The fourth-order valence-electron chi connectivity index (χ4n) is 1.75. The summed E-state index contributed by atoms with van der Waals surface area (Å²) in [6.45, 7) is 8.33. The molecule has 3 heteroatoms. The third-order valence-electron chi connectivity index (χ3n) is 3.45. The van der Waals surface area contributed by atoms with Gasteiger partial charge in [-0.15, -0.1) is 0 Å². The highest BCUT2D eigenvalue weighted by Gasteiger charge is 2.02. The van der Waals surface area contributed by atoms with Crippen LogP contribution in [0.1, 0.15) is 85.5 Å². The number of nitrogens with zero attached hydrogens (tertiary/aromatic N) is 1. The lowest BCUT2D eigenvalue weighted by Crippen LogP contribution is -2.19. The van der Waals surface area contributed by atoms with Gasteiger partial charge in [0.15, 0.2) is 0 Å². The molecule has 0 radical (unpaired) electrons. The first-order valence-electron chi connectivity index (χ1n) is 7.91. The van der Waals surface area contributed by atoms with Crippen LogP contribution in [0.5, 0.6) is 0 Å². The summed E-state index contributed by atoms with van der Waals surface area (Å²) in [6.07, 6.45) is 10.7. The van der Waals surface area contributed by atoms with E-state index in [1.165, 1.54) is 38.5 Å². The minimum Gasteiger partial charge on any atom is -0.273 e. The molecule has 0 saturated carbocycles. The summed E-state index contributed by atoms with van der Waals surface area (Å²) < 4.78 is 0. The maximum absolute atomic E-state index is 11.5. The predicted molar refractivity (Wildman–Crippen MR) is 83.3 cm³/mol. The summed E-state index contributed by atoms with van der Waals surface area (Å²) >= 11 is 0. The second-order valence-corrected chi connectivity index (χ2v) is 5.67. The van der Waals surface area contributed by atoms with E-state index in [2.05, 4.69) is 31.3 Å². The van der Waals surface area contributed by atoms with E-state index in [0.29, 0.717) is 12.3 Å². The average molecular weight is 268 g/mol. The second-order valence-electron chi connectivity index (χ2n) is 5.67. The molecule has 0 heterocycles. The van der Waals surface area contributed by atoms with Crippen molar-refractivity contribution in [2.24, 2.45) is 11.0 Å². The van der Waals surface area contributed by atoms with Crippen LogP contribution in [0, 0.1) is 5.92 Å². The molecule has 0 aromatic heterocycles. The third-order valence-corrected chi connectivity index (χ3v) is 3.45. The van der Waals surface area contributed by atoms with Gasteiger partial charge in [0.25, 0.3) is 0 Å². The maximum atomic E-state index is 11.5. The van der Waals surface area contributed by atoms with Gasteiger partial charge >= 0.3 is 0 Å². The lowest BCUT2D eigenvalue weighted by atomic mass is 10.1. The van der Waals surface area contributed by atoms with E-state index in [0.717, 1.165) is 18.6 Å². The smallest absolute Gasteiger partial charge is 0.240 e. The Hall–Kier alpha value is -0.860. The fraction of sp³-hybridized carbons (Fsp3) is 0.875. The van der Waals surface area contributed by atoms with Crippen LogP contribution < -0.4 is 5.43 Å². The molecule has 0 aliphatic heterocycles. The van der Waals surface area contributed by atoms with E-state index < -0.39 is 0 Å². The van der Waals surface area contributed by atoms with Crippen molar-refractivity contribution in [2.75, 3.05) is 0 Å². The number of hydrogen-bond acceptors (Lipinski definition) is 2. The number of rotatable bonds is 11. The number of carbonyl (C=O) groups excluding carboxylic acids is 1. The van der Waals surface area contributed by atoms with E-state index in [4.69, 9.17) is 0 Å². The summed E-state index contributed by atoms with van der Waals surface area (Å²) in [5, 5.41) is 4.09. The Morgan fingerprint density at radius 3 is 2.05 bits per heavy atom. The Morgan fingerprint density at radius 1 is 1.00 bits per heavy atom. The molecular weight excluding hydrogens is 236 g/mol. The molecule has 0 unspecified atom stereocenters. The number of hydrogen-bond donors (Lipinski definition) is 1. The molecule has 0 aromatic rings. The van der Waals surface area contributed by atoms with E-state index in [1.807, 2.05) is 6.92 Å². The summed E-state index contributed by atoms with van der Waals surface area (Å²) in [6, 6.07) is 0. The SMILES string of the molecule is CCCCCCCCCCC(=O)NN=C(C)C(C)C. The van der Waals surface area contributed by atoms with Crippen LogP contribution in [-0.2, 0) is 4.79 Å². The molecule has 1 N–H and O–H groups in total. The van der Waals surface area contributed by atoms with Gasteiger partial charge < -0.3 is 0 Å². The lowest BCUT2D eigenvalue weighted by molar-refractivity contribution is -0.121. The molecule has 19 heavy (non-hydrogen) atoms. The van der Waals surface area contributed by atoms with E-state index >= 15 is 0 Å². The standard InChI is InChI=1S/C16H32N2O/c1-5-6-7-8-9-10-11-12-13-16(19)18-17-15(4)14(2)3/h14H,5-13H2,1-4H3,(H,18,19).